The van der Waals surface area contributed by atoms with Gasteiger partial charge in [-0.1, -0.05) is 11.6 Å². The van der Waals surface area contributed by atoms with Crippen LogP contribution in [0.2, 0.25) is 5.02 Å². The standard InChI is InChI=1S/C12H11BrClNO2/c1-16-11-3-2-8(14)6-10(11)15-7-12-9(13)4-5-17-12/h2-6,15H,7H2,1H3. The highest BCUT2D eigenvalue weighted by atomic mass is 79.9. The van der Waals surface area contributed by atoms with Crippen LogP contribution in [0.15, 0.2) is 39.4 Å². The smallest absolute Gasteiger partial charge is 0.142 e. The fourth-order valence-corrected chi connectivity index (χ4v) is 1.96. The largest absolute Gasteiger partial charge is 0.495 e. The van der Waals surface area contributed by atoms with Crippen molar-refractivity contribution in [1.82, 2.24) is 0 Å². The number of halogens is 2. The summed E-state index contributed by atoms with van der Waals surface area (Å²) in [5.74, 6) is 1.57. The lowest BCUT2D eigenvalue weighted by molar-refractivity contribution is 0.416. The molecule has 17 heavy (non-hydrogen) atoms. The molecule has 0 fully saturated rings. The van der Waals surface area contributed by atoms with Gasteiger partial charge in [-0.15, -0.1) is 0 Å². The molecule has 1 aromatic heterocycles. The highest BCUT2D eigenvalue weighted by Gasteiger charge is 2.06. The molecule has 0 bridgehead atoms. The molecule has 2 rings (SSSR count). The van der Waals surface area contributed by atoms with Crippen molar-refractivity contribution in [3.63, 3.8) is 0 Å². The van der Waals surface area contributed by atoms with Crippen LogP contribution < -0.4 is 10.1 Å². The van der Waals surface area contributed by atoms with Crippen molar-refractivity contribution in [3.8, 4) is 5.75 Å². The summed E-state index contributed by atoms with van der Waals surface area (Å²) in [6, 6.07) is 7.28. The fourth-order valence-electron chi connectivity index (χ4n) is 1.45. The van der Waals surface area contributed by atoms with Crippen LogP contribution in [0.5, 0.6) is 5.75 Å². The first kappa shape index (κ1) is 12.3. The predicted octanol–water partition coefficient (Wildman–Crippen LogP) is 4.32. The number of furan rings is 1. The SMILES string of the molecule is COc1ccc(Cl)cc1NCc1occc1Br. The molecular weight excluding hydrogens is 305 g/mol. The molecule has 1 heterocycles. The van der Waals surface area contributed by atoms with Gasteiger partial charge in [0.1, 0.15) is 11.5 Å². The molecule has 3 nitrogen and oxygen atoms in total. The third-order valence-corrected chi connectivity index (χ3v) is 3.23. The average Bonchev–Trinajstić information content (AvgIpc) is 2.72. The van der Waals surface area contributed by atoms with Crippen molar-refractivity contribution in [2.45, 2.75) is 6.54 Å². The maximum absolute atomic E-state index is 5.94. The lowest BCUT2D eigenvalue weighted by atomic mass is 10.3. The van der Waals surface area contributed by atoms with E-state index in [2.05, 4.69) is 21.2 Å². The molecule has 90 valence electrons. The number of rotatable bonds is 4. The van der Waals surface area contributed by atoms with Crippen LogP contribution in [-0.2, 0) is 6.54 Å². The van der Waals surface area contributed by atoms with Crippen LogP contribution >= 0.6 is 27.5 Å². The first-order valence-corrected chi connectivity index (χ1v) is 6.17. The zero-order valence-electron chi connectivity index (χ0n) is 9.17. The van der Waals surface area contributed by atoms with Crippen LogP contribution in [-0.4, -0.2) is 7.11 Å². The second kappa shape index (κ2) is 5.47. The van der Waals surface area contributed by atoms with Gasteiger partial charge in [0.15, 0.2) is 0 Å². The first-order chi connectivity index (χ1) is 8.20. The number of ether oxygens (including phenoxy) is 1. The summed E-state index contributed by atoms with van der Waals surface area (Å²) in [7, 11) is 1.62. The van der Waals surface area contributed by atoms with E-state index in [0.29, 0.717) is 11.6 Å². The Morgan fingerprint density at radius 1 is 1.41 bits per heavy atom. The van der Waals surface area contributed by atoms with Gasteiger partial charge in [-0.05, 0) is 40.2 Å². The van der Waals surface area contributed by atoms with Gasteiger partial charge >= 0.3 is 0 Å². The minimum absolute atomic E-state index is 0.560. The molecule has 0 radical (unpaired) electrons. The highest BCUT2D eigenvalue weighted by molar-refractivity contribution is 9.10. The quantitative estimate of drug-likeness (QED) is 0.912. The highest BCUT2D eigenvalue weighted by Crippen LogP contribution is 2.28. The number of benzene rings is 1. The van der Waals surface area contributed by atoms with Crippen LogP contribution in [0.4, 0.5) is 5.69 Å². The molecule has 0 spiro atoms. The molecule has 2 aromatic rings. The summed E-state index contributed by atoms with van der Waals surface area (Å²) < 4.78 is 11.5. The summed E-state index contributed by atoms with van der Waals surface area (Å²) in [5.41, 5.74) is 0.836. The molecule has 0 aliphatic rings. The fraction of sp³-hybridized carbons (Fsp3) is 0.167. The molecule has 0 unspecified atom stereocenters. The summed E-state index contributed by atoms with van der Waals surface area (Å²) in [6.45, 7) is 0.560. The van der Waals surface area contributed by atoms with E-state index < -0.39 is 0 Å². The van der Waals surface area contributed by atoms with Crippen molar-refractivity contribution in [1.29, 1.82) is 0 Å². The zero-order valence-corrected chi connectivity index (χ0v) is 11.5. The molecule has 0 atom stereocenters. The Balaban J connectivity index is 2.13. The Labute approximate surface area is 113 Å². The maximum Gasteiger partial charge on any atom is 0.142 e. The average molecular weight is 317 g/mol. The first-order valence-electron chi connectivity index (χ1n) is 5.00. The van der Waals surface area contributed by atoms with Crippen LogP contribution in [0.3, 0.4) is 0 Å². The summed E-state index contributed by atoms with van der Waals surface area (Å²) in [5, 5.41) is 3.87. The van der Waals surface area contributed by atoms with Crippen LogP contribution in [0.1, 0.15) is 5.76 Å². The van der Waals surface area contributed by atoms with Crippen LogP contribution in [0, 0.1) is 0 Å². The van der Waals surface area contributed by atoms with E-state index in [9.17, 15) is 0 Å². The molecule has 1 N–H and O–H groups in total. The number of methoxy groups -OCH3 is 1. The van der Waals surface area contributed by atoms with Crippen molar-refractivity contribution in [3.05, 3.63) is 45.8 Å². The number of anilines is 1. The maximum atomic E-state index is 5.94. The Morgan fingerprint density at radius 3 is 2.88 bits per heavy atom. The van der Waals surface area contributed by atoms with E-state index in [1.165, 1.54) is 0 Å². The predicted molar refractivity (Wildman–Crippen MR) is 71.7 cm³/mol. The van der Waals surface area contributed by atoms with Crippen molar-refractivity contribution < 1.29 is 9.15 Å². The molecule has 0 aliphatic heterocycles. The lowest BCUT2D eigenvalue weighted by Crippen LogP contribution is -2.00. The number of nitrogens with one attached hydrogen (secondary N) is 1. The van der Waals surface area contributed by atoms with E-state index in [4.69, 9.17) is 20.8 Å². The zero-order chi connectivity index (χ0) is 12.3. The third-order valence-electron chi connectivity index (χ3n) is 2.29. The number of hydrogen-bond donors (Lipinski definition) is 1. The lowest BCUT2D eigenvalue weighted by Gasteiger charge is -2.10. The molecule has 1 aromatic carbocycles. The molecule has 0 saturated carbocycles. The Bertz CT molecular complexity index is 513. The summed E-state index contributed by atoms with van der Waals surface area (Å²) in [6.07, 6.45) is 1.64. The van der Waals surface area contributed by atoms with E-state index in [-0.39, 0.29) is 0 Å². The van der Waals surface area contributed by atoms with E-state index >= 15 is 0 Å². The second-order valence-corrected chi connectivity index (χ2v) is 4.68. The minimum Gasteiger partial charge on any atom is -0.495 e. The molecule has 0 amide bonds. The second-order valence-electron chi connectivity index (χ2n) is 3.39. The van der Waals surface area contributed by atoms with Gasteiger partial charge in [0.25, 0.3) is 0 Å². The van der Waals surface area contributed by atoms with Gasteiger partial charge in [0.05, 0.1) is 30.1 Å². The summed E-state index contributed by atoms with van der Waals surface area (Å²) in [4.78, 5) is 0. The van der Waals surface area contributed by atoms with Gasteiger partial charge in [-0.2, -0.15) is 0 Å². The van der Waals surface area contributed by atoms with E-state index in [1.54, 1.807) is 19.4 Å². The van der Waals surface area contributed by atoms with E-state index in [1.807, 2.05) is 18.2 Å². The Kier molecular flexibility index (Phi) is 3.97. The van der Waals surface area contributed by atoms with Gasteiger partial charge in [-0.25, -0.2) is 0 Å². The molecule has 0 saturated heterocycles. The third kappa shape index (κ3) is 2.96. The monoisotopic (exact) mass is 315 g/mol. The Morgan fingerprint density at radius 2 is 2.24 bits per heavy atom. The topological polar surface area (TPSA) is 34.4 Å². The summed E-state index contributed by atoms with van der Waals surface area (Å²) >= 11 is 9.34. The van der Waals surface area contributed by atoms with Gasteiger partial charge in [0.2, 0.25) is 0 Å². The molecular formula is C12H11BrClNO2. The van der Waals surface area contributed by atoms with Crippen molar-refractivity contribution >= 4 is 33.2 Å². The van der Waals surface area contributed by atoms with Gasteiger partial charge in [0, 0.05) is 5.02 Å². The van der Waals surface area contributed by atoms with Crippen molar-refractivity contribution in [2.75, 3.05) is 12.4 Å². The molecule has 0 aliphatic carbocycles. The Hall–Kier alpha value is -1.13. The van der Waals surface area contributed by atoms with Crippen LogP contribution in [0.25, 0.3) is 0 Å². The minimum atomic E-state index is 0.560. The van der Waals surface area contributed by atoms with Crippen molar-refractivity contribution in [2.24, 2.45) is 0 Å². The van der Waals surface area contributed by atoms with Gasteiger partial charge < -0.3 is 14.5 Å². The van der Waals surface area contributed by atoms with E-state index in [0.717, 1.165) is 21.7 Å². The van der Waals surface area contributed by atoms with Gasteiger partial charge in [-0.3, -0.25) is 0 Å². The molecule has 5 heteroatoms. The normalized spacial score (nSPS) is 10.3. The number of hydrogen-bond acceptors (Lipinski definition) is 3.